The minimum absolute atomic E-state index is 0.0523. The second-order valence-electron chi connectivity index (χ2n) is 7.03. The molecule has 1 amide bonds. The summed E-state index contributed by atoms with van der Waals surface area (Å²) >= 11 is 1.13. The molecule has 1 heterocycles. The van der Waals surface area contributed by atoms with Crippen molar-refractivity contribution in [3.05, 3.63) is 71.0 Å². The van der Waals surface area contributed by atoms with Crippen LogP contribution in [0.3, 0.4) is 0 Å². The zero-order valence-corrected chi connectivity index (χ0v) is 18.2. The largest absolute Gasteiger partial charge is 0.326 e. The number of hydrogen-bond acceptors (Lipinski definition) is 5. The Morgan fingerprint density at radius 1 is 1.10 bits per heavy atom. The quantitative estimate of drug-likeness (QED) is 0.520. The molecule has 0 atom stereocenters. The van der Waals surface area contributed by atoms with Gasteiger partial charge in [0.25, 0.3) is 10.0 Å². The maximum atomic E-state index is 13.0. The SMILES string of the molecule is CC(C)c1ccc(NC(=O)CCc2csc(NS(=O)(=O)c3ccc(F)cc3)n2)cc1. The zero-order chi connectivity index (χ0) is 21.7. The number of halogens is 1. The Morgan fingerprint density at radius 2 is 1.77 bits per heavy atom. The van der Waals surface area contributed by atoms with E-state index < -0.39 is 15.8 Å². The molecule has 2 N–H and O–H groups in total. The number of sulfonamides is 1. The number of nitrogens with one attached hydrogen (secondary N) is 2. The van der Waals surface area contributed by atoms with Crippen LogP contribution in [0.15, 0.2) is 58.8 Å². The highest BCUT2D eigenvalue weighted by Gasteiger charge is 2.16. The summed E-state index contributed by atoms with van der Waals surface area (Å²) < 4.78 is 40.0. The van der Waals surface area contributed by atoms with Crippen molar-refractivity contribution in [1.29, 1.82) is 0 Å². The number of carbonyl (C=O) groups is 1. The van der Waals surface area contributed by atoms with E-state index in [1.165, 1.54) is 17.7 Å². The summed E-state index contributed by atoms with van der Waals surface area (Å²) in [7, 11) is -3.85. The summed E-state index contributed by atoms with van der Waals surface area (Å²) in [4.78, 5) is 16.3. The maximum Gasteiger partial charge on any atom is 0.263 e. The Kier molecular flexibility index (Phi) is 6.84. The second kappa shape index (κ2) is 9.36. The third-order valence-corrected chi connectivity index (χ3v) is 6.66. The van der Waals surface area contributed by atoms with Crippen LogP contribution in [0, 0.1) is 5.82 Å². The zero-order valence-electron chi connectivity index (χ0n) is 16.6. The van der Waals surface area contributed by atoms with E-state index in [9.17, 15) is 17.6 Å². The van der Waals surface area contributed by atoms with E-state index in [1.807, 2.05) is 24.3 Å². The fraction of sp³-hybridized carbons (Fsp3) is 0.238. The first-order valence-electron chi connectivity index (χ1n) is 9.35. The monoisotopic (exact) mass is 447 g/mol. The average Bonchev–Trinajstić information content (AvgIpc) is 3.14. The number of benzene rings is 2. The fourth-order valence-electron chi connectivity index (χ4n) is 2.67. The number of aromatic nitrogens is 1. The van der Waals surface area contributed by atoms with Gasteiger partial charge in [0.05, 0.1) is 10.6 Å². The van der Waals surface area contributed by atoms with Gasteiger partial charge in [-0.15, -0.1) is 11.3 Å². The van der Waals surface area contributed by atoms with Gasteiger partial charge in [0, 0.05) is 17.5 Å². The third kappa shape index (κ3) is 5.87. The number of amides is 1. The minimum atomic E-state index is -3.85. The lowest BCUT2D eigenvalue weighted by molar-refractivity contribution is -0.116. The summed E-state index contributed by atoms with van der Waals surface area (Å²) in [6.45, 7) is 4.21. The summed E-state index contributed by atoms with van der Waals surface area (Å²) in [5.41, 5.74) is 2.55. The van der Waals surface area contributed by atoms with Gasteiger partial charge in [-0.3, -0.25) is 9.52 Å². The summed E-state index contributed by atoms with van der Waals surface area (Å²) in [6, 6.07) is 12.2. The van der Waals surface area contributed by atoms with Crippen LogP contribution in [0.4, 0.5) is 15.2 Å². The highest BCUT2D eigenvalue weighted by molar-refractivity contribution is 7.93. The number of aryl methyl sites for hydroxylation is 1. The maximum absolute atomic E-state index is 13.0. The number of nitrogens with zero attached hydrogens (tertiary/aromatic N) is 1. The van der Waals surface area contributed by atoms with E-state index in [2.05, 4.69) is 28.9 Å². The highest BCUT2D eigenvalue weighted by atomic mass is 32.2. The summed E-state index contributed by atoms with van der Waals surface area (Å²) in [5.74, 6) is -0.234. The molecule has 0 aliphatic rings. The molecule has 9 heteroatoms. The predicted molar refractivity (Wildman–Crippen MR) is 117 cm³/mol. The van der Waals surface area contributed by atoms with Crippen LogP contribution in [-0.2, 0) is 21.2 Å². The van der Waals surface area contributed by atoms with Crippen molar-refractivity contribution in [2.24, 2.45) is 0 Å². The molecular weight excluding hydrogens is 425 g/mol. The van der Waals surface area contributed by atoms with E-state index in [1.54, 1.807) is 5.38 Å². The first-order chi connectivity index (χ1) is 14.2. The molecule has 3 rings (SSSR count). The van der Waals surface area contributed by atoms with Gasteiger partial charge in [-0.05, 0) is 54.3 Å². The molecule has 2 aromatic carbocycles. The second-order valence-corrected chi connectivity index (χ2v) is 9.57. The summed E-state index contributed by atoms with van der Waals surface area (Å²) in [6.07, 6.45) is 0.602. The lowest BCUT2D eigenvalue weighted by Gasteiger charge is -2.08. The van der Waals surface area contributed by atoms with Crippen molar-refractivity contribution in [1.82, 2.24) is 4.98 Å². The molecule has 3 aromatic rings. The van der Waals surface area contributed by atoms with Gasteiger partial charge in [0.2, 0.25) is 5.91 Å². The van der Waals surface area contributed by atoms with Gasteiger partial charge in [0.1, 0.15) is 5.82 Å². The smallest absolute Gasteiger partial charge is 0.263 e. The molecular formula is C21H22FN3O3S2. The van der Waals surface area contributed by atoms with Crippen molar-refractivity contribution in [3.63, 3.8) is 0 Å². The number of carbonyl (C=O) groups excluding carboxylic acids is 1. The van der Waals surface area contributed by atoms with Crippen molar-refractivity contribution in [2.45, 2.75) is 37.5 Å². The molecule has 30 heavy (non-hydrogen) atoms. The molecule has 0 radical (unpaired) electrons. The molecule has 0 fully saturated rings. The third-order valence-electron chi connectivity index (χ3n) is 4.37. The molecule has 6 nitrogen and oxygen atoms in total. The number of thiazole rings is 1. The molecule has 0 aliphatic heterocycles. The average molecular weight is 448 g/mol. The first kappa shape index (κ1) is 21.9. The molecule has 1 aromatic heterocycles. The van der Waals surface area contributed by atoms with E-state index in [4.69, 9.17) is 0 Å². The fourth-order valence-corrected chi connectivity index (χ4v) is 4.67. The van der Waals surface area contributed by atoms with Crippen LogP contribution in [0.5, 0.6) is 0 Å². The lowest BCUT2D eigenvalue weighted by atomic mass is 10.0. The Bertz CT molecular complexity index is 1110. The van der Waals surface area contributed by atoms with E-state index in [0.717, 1.165) is 29.2 Å². The molecule has 0 unspecified atom stereocenters. The highest BCUT2D eigenvalue weighted by Crippen LogP contribution is 2.22. The van der Waals surface area contributed by atoms with Crippen LogP contribution >= 0.6 is 11.3 Å². The number of rotatable bonds is 8. The molecule has 0 bridgehead atoms. The normalized spacial score (nSPS) is 11.5. The standard InChI is InChI=1S/C21H22FN3O3S2/c1-14(2)15-3-7-17(8-4-15)23-20(26)12-9-18-13-29-21(24-18)25-30(27,28)19-10-5-16(22)6-11-19/h3-8,10-11,13-14H,9,12H2,1-2H3,(H,23,26)(H,24,25). The van der Waals surface area contributed by atoms with Crippen molar-refractivity contribution < 1.29 is 17.6 Å². The Balaban J connectivity index is 1.53. The van der Waals surface area contributed by atoms with Crippen LogP contribution in [0.2, 0.25) is 0 Å². The first-order valence-corrected chi connectivity index (χ1v) is 11.7. The van der Waals surface area contributed by atoms with Gasteiger partial charge >= 0.3 is 0 Å². The van der Waals surface area contributed by atoms with Crippen molar-refractivity contribution in [3.8, 4) is 0 Å². The van der Waals surface area contributed by atoms with E-state index in [-0.39, 0.29) is 22.4 Å². The van der Waals surface area contributed by atoms with Crippen molar-refractivity contribution in [2.75, 3.05) is 10.0 Å². The van der Waals surface area contributed by atoms with Gasteiger partial charge in [-0.2, -0.15) is 0 Å². The van der Waals surface area contributed by atoms with Crippen LogP contribution in [-0.4, -0.2) is 19.3 Å². The van der Waals surface area contributed by atoms with Gasteiger partial charge in [0.15, 0.2) is 5.13 Å². The van der Waals surface area contributed by atoms with E-state index in [0.29, 0.717) is 18.0 Å². The Morgan fingerprint density at radius 3 is 2.40 bits per heavy atom. The number of anilines is 2. The molecule has 158 valence electrons. The minimum Gasteiger partial charge on any atom is -0.326 e. The number of hydrogen-bond donors (Lipinski definition) is 2. The Hall–Kier alpha value is -2.78. The van der Waals surface area contributed by atoms with Gasteiger partial charge in [-0.1, -0.05) is 26.0 Å². The van der Waals surface area contributed by atoms with Gasteiger partial charge < -0.3 is 5.32 Å². The predicted octanol–water partition coefficient (Wildman–Crippen LogP) is 4.78. The molecule has 0 spiro atoms. The van der Waals surface area contributed by atoms with Crippen LogP contribution in [0.25, 0.3) is 0 Å². The van der Waals surface area contributed by atoms with Crippen LogP contribution < -0.4 is 10.0 Å². The van der Waals surface area contributed by atoms with Crippen LogP contribution in [0.1, 0.15) is 37.4 Å². The van der Waals surface area contributed by atoms with Crippen molar-refractivity contribution >= 4 is 38.1 Å². The summed E-state index contributed by atoms with van der Waals surface area (Å²) in [5, 5.41) is 4.74. The molecule has 0 saturated heterocycles. The molecule has 0 saturated carbocycles. The lowest BCUT2D eigenvalue weighted by Crippen LogP contribution is -2.13. The van der Waals surface area contributed by atoms with Gasteiger partial charge in [-0.25, -0.2) is 17.8 Å². The molecule has 0 aliphatic carbocycles. The topological polar surface area (TPSA) is 88.2 Å². The van der Waals surface area contributed by atoms with E-state index >= 15 is 0 Å². The Labute approximate surface area is 179 Å².